The lowest BCUT2D eigenvalue weighted by Gasteiger charge is -2.46. The first kappa shape index (κ1) is 19.0. The highest BCUT2D eigenvalue weighted by atomic mass is 16.6. The molecule has 1 N–H and O–H groups in total. The molecule has 4 rings (SSSR count). The molecular weight excluding hydrogens is 352 g/mol. The zero-order chi connectivity index (χ0) is 19.7. The van der Waals surface area contributed by atoms with Gasteiger partial charge in [-0.25, -0.2) is 9.78 Å². The van der Waals surface area contributed by atoms with Crippen LogP contribution in [0.15, 0.2) is 36.5 Å². The number of carbonyl (C=O) groups excluding carboxylic acids is 1. The first-order valence-corrected chi connectivity index (χ1v) is 10.2. The Morgan fingerprint density at radius 3 is 2.54 bits per heavy atom. The second-order valence-corrected chi connectivity index (χ2v) is 8.85. The number of anilines is 1. The molecule has 0 unspecified atom stereocenters. The number of alkyl carbamates (subject to hydrolysis) is 1. The Morgan fingerprint density at radius 2 is 1.82 bits per heavy atom. The predicted molar refractivity (Wildman–Crippen MR) is 112 cm³/mol. The predicted octanol–water partition coefficient (Wildman–Crippen LogP) is 3.41. The van der Waals surface area contributed by atoms with Crippen molar-refractivity contribution in [1.82, 2.24) is 15.2 Å². The van der Waals surface area contributed by atoms with Crippen LogP contribution in [0.2, 0.25) is 0 Å². The molecule has 1 aliphatic heterocycles. The van der Waals surface area contributed by atoms with Crippen molar-refractivity contribution in [3.05, 3.63) is 36.5 Å². The van der Waals surface area contributed by atoms with Gasteiger partial charge in [0.25, 0.3) is 0 Å². The molecule has 2 aromatic rings. The van der Waals surface area contributed by atoms with E-state index in [2.05, 4.69) is 50.4 Å². The molecule has 1 saturated carbocycles. The number of piperazine rings is 1. The van der Waals surface area contributed by atoms with Gasteiger partial charge in [-0.3, -0.25) is 4.90 Å². The number of pyridine rings is 1. The molecule has 2 fully saturated rings. The minimum Gasteiger partial charge on any atom is -0.444 e. The quantitative estimate of drug-likeness (QED) is 0.882. The van der Waals surface area contributed by atoms with Crippen LogP contribution < -0.4 is 10.2 Å². The van der Waals surface area contributed by atoms with E-state index in [0.717, 1.165) is 44.8 Å². The lowest BCUT2D eigenvalue weighted by Crippen LogP contribution is -2.58. The number of carbonyl (C=O) groups is 1. The number of amides is 1. The summed E-state index contributed by atoms with van der Waals surface area (Å²) in [5.41, 5.74) is -0.445. The number of fused-ring (bicyclic) bond motifs is 1. The molecule has 2 aliphatic rings. The third-order valence-corrected chi connectivity index (χ3v) is 5.62. The first-order chi connectivity index (χ1) is 13.4. The summed E-state index contributed by atoms with van der Waals surface area (Å²) in [6.45, 7) is 9.72. The van der Waals surface area contributed by atoms with Crippen LogP contribution in [0, 0.1) is 0 Å². The average Bonchev–Trinajstić information content (AvgIpc) is 2.63. The number of rotatable bonds is 3. The van der Waals surface area contributed by atoms with Crippen LogP contribution in [0.25, 0.3) is 10.8 Å². The zero-order valence-corrected chi connectivity index (χ0v) is 17.0. The van der Waals surface area contributed by atoms with E-state index in [-0.39, 0.29) is 12.1 Å². The maximum atomic E-state index is 11.9. The van der Waals surface area contributed by atoms with Gasteiger partial charge in [-0.2, -0.15) is 0 Å². The zero-order valence-electron chi connectivity index (χ0n) is 17.0. The maximum absolute atomic E-state index is 11.9. The molecule has 1 aromatic heterocycles. The third kappa shape index (κ3) is 4.22. The average molecular weight is 383 g/mol. The van der Waals surface area contributed by atoms with Crippen molar-refractivity contribution in [1.29, 1.82) is 0 Å². The molecule has 2 heterocycles. The highest BCUT2D eigenvalue weighted by Crippen LogP contribution is 2.29. The van der Waals surface area contributed by atoms with E-state index in [9.17, 15) is 4.79 Å². The van der Waals surface area contributed by atoms with Gasteiger partial charge in [-0.05, 0) is 45.1 Å². The van der Waals surface area contributed by atoms with Crippen molar-refractivity contribution in [3.8, 4) is 0 Å². The monoisotopic (exact) mass is 382 g/mol. The van der Waals surface area contributed by atoms with Crippen molar-refractivity contribution in [2.75, 3.05) is 31.1 Å². The largest absolute Gasteiger partial charge is 0.444 e. The molecule has 0 bridgehead atoms. The molecule has 6 heteroatoms. The van der Waals surface area contributed by atoms with Crippen LogP contribution in [0.3, 0.4) is 0 Å². The molecule has 150 valence electrons. The Kier molecular flexibility index (Phi) is 5.15. The van der Waals surface area contributed by atoms with E-state index in [1.54, 1.807) is 0 Å². The maximum Gasteiger partial charge on any atom is 0.407 e. The highest BCUT2D eigenvalue weighted by Gasteiger charge is 2.36. The van der Waals surface area contributed by atoms with Crippen LogP contribution in [0.1, 0.15) is 33.6 Å². The van der Waals surface area contributed by atoms with Gasteiger partial charge < -0.3 is 15.0 Å². The van der Waals surface area contributed by atoms with Crippen LogP contribution in [-0.2, 0) is 4.74 Å². The normalized spacial score (nSPS) is 23.3. The minimum atomic E-state index is -0.445. The number of benzene rings is 1. The van der Waals surface area contributed by atoms with Crippen LogP contribution >= 0.6 is 0 Å². The van der Waals surface area contributed by atoms with Gasteiger partial charge in [0, 0.05) is 49.8 Å². The summed E-state index contributed by atoms with van der Waals surface area (Å²) in [4.78, 5) is 21.5. The summed E-state index contributed by atoms with van der Waals surface area (Å²) in [6, 6.07) is 11.3. The SMILES string of the molecule is CC(C)(C)OC(=O)NC1CC(N2CCN(c3nccc4ccccc34)CC2)C1. The standard InChI is InChI=1S/C22H30N4O2/c1-22(2,3)28-21(27)24-17-14-18(15-17)25-10-12-26(13-11-25)20-19-7-5-4-6-16(19)8-9-23-20/h4-9,17-18H,10-15H2,1-3H3,(H,24,27). The summed E-state index contributed by atoms with van der Waals surface area (Å²) in [5, 5.41) is 5.45. The molecule has 0 radical (unpaired) electrons. The van der Waals surface area contributed by atoms with Gasteiger partial charge in [0.15, 0.2) is 0 Å². The fourth-order valence-corrected chi connectivity index (χ4v) is 4.13. The lowest BCUT2D eigenvalue weighted by molar-refractivity contribution is 0.0384. The highest BCUT2D eigenvalue weighted by molar-refractivity contribution is 5.92. The summed E-state index contributed by atoms with van der Waals surface area (Å²) in [6.07, 6.45) is 3.61. The van der Waals surface area contributed by atoms with E-state index in [4.69, 9.17) is 4.74 Å². The first-order valence-electron chi connectivity index (χ1n) is 10.2. The molecule has 1 aliphatic carbocycles. The summed E-state index contributed by atoms with van der Waals surface area (Å²) in [7, 11) is 0. The lowest BCUT2D eigenvalue weighted by atomic mass is 9.85. The van der Waals surface area contributed by atoms with Crippen LogP contribution in [0.4, 0.5) is 10.6 Å². The number of ether oxygens (including phenoxy) is 1. The smallest absolute Gasteiger partial charge is 0.407 e. The molecular formula is C22H30N4O2. The van der Waals surface area contributed by atoms with E-state index in [1.807, 2.05) is 27.0 Å². The number of aromatic nitrogens is 1. The Labute approximate surface area is 166 Å². The Balaban J connectivity index is 1.27. The third-order valence-electron chi connectivity index (χ3n) is 5.62. The van der Waals surface area contributed by atoms with Gasteiger partial charge in [0.05, 0.1) is 0 Å². The van der Waals surface area contributed by atoms with E-state index < -0.39 is 5.60 Å². The molecule has 1 amide bonds. The number of nitrogens with one attached hydrogen (secondary N) is 1. The molecule has 0 atom stereocenters. The second kappa shape index (κ2) is 7.59. The topological polar surface area (TPSA) is 57.7 Å². The van der Waals surface area contributed by atoms with Crippen LogP contribution in [0.5, 0.6) is 0 Å². The molecule has 0 spiro atoms. The number of hydrogen-bond acceptors (Lipinski definition) is 5. The van der Waals surface area contributed by atoms with Gasteiger partial charge >= 0.3 is 6.09 Å². The minimum absolute atomic E-state index is 0.234. The van der Waals surface area contributed by atoms with Gasteiger partial charge in [-0.1, -0.05) is 24.3 Å². The van der Waals surface area contributed by atoms with Crippen LogP contribution in [-0.4, -0.2) is 59.8 Å². The molecule has 28 heavy (non-hydrogen) atoms. The van der Waals surface area contributed by atoms with Gasteiger partial charge in [0.1, 0.15) is 11.4 Å². The van der Waals surface area contributed by atoms with E-state index in [0.29, 0.717) is 6.04 Å². The summed E-state index contributed by atoms with van der Waals surface area (Å²) < 4.78 is 5.35. The summed E-state index contributed by atoms with van der Waals surface area (Å²) >= 11 is 0. The molecule has 1 saturated heterocycles. The van der Waals surface area contributed by atoms with Gasteiger partial charge in [-0.15, -0.1) is 0 Å². The van der Waals surface area contributed by atoms with E-state index >= 15 is 0 Å². The Morgan fingerprint density at radius 1 is 1.11 bits per heavy atom. The van der Waals surface area contributed by atoms with E-state index in [1.165, 1.54) is 10.8 Å². The summed E-state index contributed by atoms with van der Waals surface area (Å²) in [5.74, 6) is 1.09. The fourth-order valence-electron chi connectivity index (χ4n) is 4.13. The number of nitrogens with zero attached hydrogens (tertiary/aromatic N) is 3. The molecule has 6 nitrogen and oxygen atoms in total. The Hall–Kier alpha value is -2.34. The van der Waals surface area contributed by atoms with Crippen molar-refractivity contribution in [3.63, 3.8) is 0 Å². The Bertz CT molecular complexity index is 829. The van der Waals surface area contributed by atoms with Crippen molar-refractivity contribution in [2.24, 2.45) is 0 Å². The van der Waals surface area contributed by atoms with Gasteiger partial charge in [0.2, 0.25) is 0 Å². The van der Waals surface area contributed by atoms with Crippen molar-refractivity contribution >= 4 is 22.7 Å². The van der Waals surface area contributed by atoms with Crippen molar-refractivity contribution < 1.29 is 9.53 Å². The molecule has 1 aromatic carbocycles. The second-order valence-electron chi connectivity index (χ2n) is 8.85. The van der Waals surface area contributed by atoms with Crippen molar-refractivity contribution in [2.45, 2.75) is 51.3 Å². The fraction of sp³-hybridized carbons (Fsp3) is 0.545. The number of hydrogen-bond donors (Lipinski definition) is 1.